The van der Waals surface area contributed by atoms with Crippen molar-refractivity contribution in [1.29, 1.82) is 0 Å². The molecule has 20 heavy (non-hydrogen) atoms. The minimum Gasteiger partial charge on any atom is -0.496 e. The average molecular weight is 342 g/mol. The van der Waals surface area contributed by atoms with Crippen LogP contribution in [0.5, 0.6) is 5.75 Å². The fourth-order valence-electron chi connectivity index (χ4n) is 2.49. The van der Waals surface area contributed by atoms with Crippen LogP contribution in [0.25, 0.3) is 0 Å². The first-order valence-corrected chi connectivity index (χ1v) is 7.92. The van der Waals surface area contributed by atoms with E-state index in [1.807, 2.05) is 12.1 Å². The van der Waals surface area contributed by atoms with E-state index in [-0.39, 0.29) is 0 Å². The van der Waals surface area contributed by atoms with E-state index in [0.717, 1.165) is 56.0 Å². The lowest BCUT2D eigenvalue weighted by atomic mass is 10.2. The molecule has 2 rings (SSSR count). The molecule has 0 unspecified atom stereocenters. The van der Waals surface area contributed by atoms with Gasteiger partial charge in [0.1, 0.15) is 5.75 Å². The number of benzene rings is 1. The van der Waals surface area contributed by atoms with E-state index >= 15 is 0 Å². The van der Waals surface area contributed by atoms with Gasteiger partial charge in [-0.15, -0.1) is 0 Å². The van der Waals surface area contributed by atoms with Crippen LogP contribution in [0.3, 0.4) is 0 Å². The van der Waals surface area contributed by atoms with Crippen molar-refractivity contribution >= 4 is 15.9 Å². The van der Waals surface area contributed by atoms with E-state index in [4.69, 9.17) is 4.74 Å². The number of hydrogen-bond donors (Lipinski definition) is 1. The van der Waals surface area contributed by atoms with Crippen LogP contribution < -0.4 is 10.1 Å². The van der Waals surface area contributed by atoms with Crippen molar-refractivity contribution in [3.63, 3.8) is 0 Å². The lowest BCUT2D eigenvalue weighted by molar-refractivity contribution is 0.201. The molecule has 0 aromatic heterocycles. The van der Waals surface area contributed by atoms with E-state index < -0.39 is 0 Å². The molecule has 0 amide bonds. The van der Waals surface area contributed by atoms with Crippen LogP contribution in [0.2, 0.25) is 0 Å². The van der Waals surface area contributed by atoms with Gasteiger partial charge in [-0.3, -0.25) is 4.90 Å². The van der Waals surface area contributed by atoms with Crippen LogP contribution >= 0.6 is 15.9 Å². The summed E-state index contributed by atoms with van der Waals surface area (Å²) in [6.07, 6.45) is 0. The standard InChI is InChI=1S/C15H24BrN3O/c1-18(9-10-19-7-5-17-6-8-19)12-13-11-14(16)3-4-15(13)20-2/h3-4,11,17H,5-10,12H2,1-2H3. The Morgan fingerprint density at radius 3 is 2.80 bits per heavy atom. The summed E-state index contributed by atoms with van der Waals surface area (Å²) < 4.78 is 6.53. The van der Waals surface area contributed by atoms with Crippen molar-refractivity contribution < 1.29 is 4.74 Å². The molecule has 1 aliphatic rings. The summed E-state index contributed by atoms with van der Waals surface area (Å²) in [5.74, 6) is 0.960. The van der Waals surface area contributed by atoms with Gasteiger partial charge in [-0.05, 0) is 25.2 Å². The number of nitrogens with zero attached hydrogens (tertiary/aromatic N) is 2. The molecule has 0 spiro atoms. The SMILES string of the molecule is COc1ccc(Br)cc1CN(C)CCN1CCNCC1. The topological polar surface area (TPSA) is 27.7 Å². The number of likely N-dealkylation sites (N-methyl/N-ethyl adjacent to an activating group) is 1. The number of piperazine rings is 1. The summed E-state index contributed by atoms with van der Waals surface area (Å²) in [6.45, 7) is 7.67. The monoisotopic (exact) mass is 341 g/mol. The Labute approximate surface area is 130 Å². The van der Waals surface area contributed by atoms with Gasteiger partial charge in [0.05, 0.1) is 7.11 Å². The second-order valence-electron chi connectivity index (χ2n) is 5.29. The lowest BCUT2D eigenvalue weighted by Gasteiger charge is -2.29. The first-order valence-electron chi connectivity index (χ1n) is 7.13. The molecular weight excluding hydrogens is 318 g/mol. The zero-order valence-corrected chi connectivity index (χ0v) is 13.9. The molecule has 0 aliphatic carbocycles. The van der Waals surface area contributed by atoms with Crippen molar-refractivity contribution in [2.75, 3.05) is 53.4 Å². The third-order valence-electron chi connectivity index (χ3n) is 3.69. The Kier molecular flexibility index (Phi) is 6.29. The van der Waals surface area contributed by atoms with E-state index in [9.17, 15) is 0 Å². The Balaban J connectivity index is 1.84. The molecule has 1 aromatic rings. The van der Waals surface area contributed by atoms with Gasteiger partial charge in [-0.25, -0.2) is 0 Å². The van der Waals surface area contributed by atoms with E-state index in [1.54, 1.807) is 7.11 Å². The summed E-state index contributed by atoms with van der Waals surface area (Å²) in [4.78, 5) is 4.87. The molecule has 1 N–H and O–H groups in total. The van der Waals surface area contributed by atoms with Crippen molar-refractivity contribution in [3.8, 4) is 5.75 Å². The average Bonchev–Trinajstić information content (AvgIpc) is 2.46. The highest BCUT2D eigenvalue weighted by Crippen LogP contribution is 2.23. The van der Waals surface area contributed by atoms with Gasteiger partial charge >= 0.3 is 0 Å². The van der Waals surface area contributed by atoms with E-state index in [0.29, 0.717) is 0 Å². The lowest BCUT2D eigenvalue weighted by Crippen LogP contribution is -2.45. The Morgan fingerprint density at radius 2 is 2.10 bits per heavy atom. The molecule has 0 radical (unpaired) electrons. The third-order valence-corrected chi connectivity index (χ3v) is 4.18. The molecular formula is C15H24BrN3O. The van der Waals surface area contributed by atoms with Crippen molar-refractivity contribution in [3.05, 3.63) is 28.2 Å². The second kappa shape index (κ2) is 7.98. The molecule has 0 saturated carbocycles. The maximum absolute atomic E-state index is 5.43. The maximum atomic E-state index is 5.43. The summed E-state index contributed by atoms with van der Waals surface area (Å²) in [5.41, 5.74) is 1.23. The van der Waals surface area contributed by atoms with Crippen LogP contribution in [-0.4, -0.2) is 63.2 Å². The van der Waals surface area contributed by atoms with Gasteiger partial charge in [0.2, 0.25) is 0 Å². The molecule has 1 fully saturated rings. The smallest absolute Gasteiger partial charge is 0.123 e. The minimum absolute atomic E-state index is 0.911. The van der Waals surface area contributed by atoms with Crippen LogP contribution in [0.4, 0.5) is 0 Å². The first-order chi connectivity index (χ1) is 9.69. The number of nitrogens with one attached hydrogen (secondary N) is 1. The molecule has 4 nitrogen and oxygen atoms in total. The van der Waals surface area contributed by atoms with Crippen LogP contribution in [0.1, 0.15) is 5.56 Å². The Hall–Kier alpha value is -0.620. The zero-order chi connectivity index (χ0) is 14.4. The fraction of sp³-hybridized carbons (Fsp3) is 0.600. The van der Waals surface area contributed by atoms with Crippen LogP contribution in [-0.2, 0) is 6.54 Å². The number of rotatable bonds is 6. The fourth-order valence-corrected chi connectivity index (χ4v) is 2.90. The summed E-state index contributed by atoms with van der Waals surface area (Å²) in [5, 5.41) is 3.39. The second-order valence-corrected chi connectivity index (χ2v) is 6.20. The third kappa shape index (κ3) is 4.74. The molecule has 1 saturated heterocycles. The number of methoxy groups -OCH3 is 1. The summed E-state index contributed by atoms with van der Waals surface area (Å²) >= 11 is 3.53. The maximum Gasteiger partial charge on any atom is 0.123 e. The molecule has 0 bridgehead atoms. The quantitative estimate of drug-likeness (QED) is 0.853. The largest absolute Gasteiger partial charge is 0.496 e. The van der Waals surface area contributed by atoms with Gasteiger partial charge in [0.25, 0.3) is 0 Å². The van der Waals surface area contributed by atoms with Gasteiger partial charge in [-0.2, -0.15) is 0 Å². The molecule has 1 aromatic carbocycles. The molecule has 5 heteroatoms. The number of halogens is 1. The Morgan fingerprint density at radius 1 is 1.35 bits per heavy atom. The first kappa shape index (κ1) is 15.8. The predicted molar refractivity (Wildman–Crippen MR) is 86.3 cm³/mol. The predicted octanol–water partition coefficient (Wildman–Crippen LogP) is 1.79. The van der Waals surface area contributed by atoms with Gasteiger partial charge in [0, 0.05) is 55.8 Å². The minimum atomic E-state index is 0.911. The van der Waals surface area contributed by atoms with E-state index in [1.165, 1.54) is 5.56 Å². The summed E-state index contributed by atoms with van der Waals surface area (Å²) in [7, 11) is 3.90. The van der Waals surface area contributed by atoms with Crippen molar-refractivity contribution in [2.45, 2.75) is 6.54 Å². The van der Waals surface area contributed by atoms with Crippen molar-refractivity contribution in [2.24, 2.45) is 0 Å². The summed E-state index contributed by atoms with van der Waals surface area (Å²) in [6, 6.07) is 6.17. The molecule has 112 valence electrons. The van der Waals surface area contributed by atoms with Crippen LogP contribution in [0, 0.1) is 0 Å². The number of ether oxygens (including phenoxy) is 1. The zero-order valence-electron chi connectivity index (χ0n) is 12.4. The van der Waals surface area contributed by atoms with Gasteiger partial charge < -0.3 is 15.0 Å². The molecule has 0 atom stereocenters. The highest BCUT2D eigenvalue weighted by atomic mass is 79.9. The molecule has 1 heterocycles. The van der Waals surface area contributed by atoms with Gasteiger partial charge in [-0.1, -0.05) is 15.9 Å². The van der Waals surface area contributed by atoms with Crippen molar-refractivity contribution in [1.82, 2.24) is 15.1 Å². The molecule has 1 aliphatic heterocycles. The van der Waals surface area contributed by atoms with Gasteiger partial charge in [0.15, 0.2) is 0 Å². The number of hydrogen-bond acceptors (Lipinski definition) is 4. The van der Waals surface area contributed by atoms with E-state index in [2.05, 4.69) is 44.2 Å². The highest BCUT2D eigenvalue weighted by Gasteiger charge is 2.11. The highest BCUT2D eigenvalue weighted by molar-refractivity contribution is 9.10. The Bertz CT molecular complexity index is 422. The normalized spacial score (nSPS) is 16.6. The van der Waals surface area contributed by atoms with Crippen LogP contribution in [0.15, 0.2) is 22.7 Å².